The minimum absolute atomic E-state index is 0.0230. The summed E-state index contributed by atoms with van der Waals surface area (Å²) in [5.74, 6) is -0.526. The first-order valence-electron chi connectivity index (χ1n) is 3.49. The van der Waals surface area contributed by atoms with Gasteiger partial charge in [0.05, 0.1) is 5.69 Å². The Balaban J connectivity index is 3.05. The molecule has 0 bridgehead atoms. The van der Waals surface area contributed by atoms with E-state index in [0.29, 0.717) is 17.0 Å². The van der Waals surface area contributed by atoms with Gasteiger partial charge < -0.3 is 10.8 Å². The van der Waals surface area contributed by atoms with Gasteiger partial charge in [-0.25, -0.2) is 4.39 Å². The Kier molecular flexibility index (Phi) is 2.89. The van der Waals surface area contributed by atoms with Gasteiger partial charge in [-0.05, 0) is 24.1 Å². The van der Waals surface area contributed by atoms with E-state index in [1.807, 2.05) is 0 Å². The van der Waals surface area contributed by atoms with Gasteiger partial charge in [0.25, 0.3) is 0 Å². The number of anilines is 1. The third-order valence-corrected chi connectivity index (χ3v) is 1.90. The van der Waals surface area contributed by atoms with E-state index in [0.717, 1.165) is 6.07 Å². The number of rotatable bonds is 2. The lowest BCUT2D eigenvalue weighted by atomic mass is 10.1. The van der Waals surface area contributed by atoms with Crippen molar-refractivity contribution < 1.29 is 9.50 Å². The number of aliphatic hydroxyl groups is 1. The van der Waals surface area contributed by atoms with E-state index in [2.05, 4.69) is 0 Å². The van der Waals surface area contributed by atoms with Crippen LogP contribution in [-0.4, -0.2) is 11.7 Å². The first kappa shape index (κ1) is 9.29. The van der Waals surface area contributed by atoms with Crippen molar-refractivity contribution in [3.05, 3.63) is 28.5 Å². The summed E-state index contributed by atoms with van der Waals surface area (Å²) < 4.78 is 12.7. The summed E-state index contributed by atoms with van der Waals surface area (Å²) in [5.41, 5.74) is 6.03. The average Bonchev–Trinajstić information content (AvgIpc) is 2.01. The minimum atomic E-state index is -0.526. The molecule has 0 radical (unpaired) electrons. The first-order valence-corrected chi connectivity index (χ1v) is 3.87. The van der Waals surface area contributed by atoms with Crippen molar-refractivity contribution in [3.8, 4) is 0 Å². The fourth-order valence-corrected chi connectivity index (χ4v) is 1.17. The van der Waals surface area contributed by atoms with Crippen LogP contribution in [0.3, 0.4) is 0 Å². The summed E-state index contributed by atoms with van der Waals surface area (Å²) in [6, 6.07) is 2.59. The Morgan fingerprint density at radius 3 is 2.75 bits per heavy atom. The smallest absolute Gasteiger partial charge is 0.147 e. The Labute approximate surface area is 74.8 Å². The molecule has 0 saturated carbocycles. The van der Waals surface area contributed by atoms with E-state index in [4.69, 9.17) is 22.4 Å². The van der Waals surface area contributed by atoms with Gasteiger partial charge in [-0.15, -0.1) is 0 Å². The van der Waals surface area contributed by atoms with Crippen LogP contribution in [0.2, 0.25) is 5.02 Å². The van der Waals surface area contributed by atoms with E-state index in [-0.39, 0.29) is 12.3 Å². The van der Waals surface area contributed by atoms with E-state index in [1.165, 1.54) is 6.07 Å². The van der Waals surface area contributed by atoms with Crippen LogP contribution in [-0.2, 0) is 6.42 Å². The molecular weight excluding hydrogens is 181 g/mol. The second-order valence-corrected chi connectivity index (χ2v) is 2.85. The molecule has 0 aliphatic carbocycles. The topological polar surface area (TPSA) is 46.2 Å². The van der Waals surface area contributed by atoms with E-state index < -0.39 is 5.82 Å². The van der Waals surface area contributed by atoms with Crippen molar-refractivity contribution in [1.29, 1.82) is 0 Å². The maximum Gasteiger partial charge on any atom is 0.147 e. The van der Waals surface area contributed by atoms with Crippen LogP contribution in [0, 0.1) is 5.82 Å². The lowest BCUT2D eigenvalue weighted by molar-refractivity contribution is 0.299. The SMILES string of the molecule is Nc1cc(CCO)c(Cl)cc1F. The first-order chi connectivity index (χ1) is 5.65. The van der Waals surface area contributed by atoms with Crippen LogP contribution in [0.4, 0.5) is 10.1 Å². The van der Waals surface area contributed by atoms with Gasteiger partial charge in [0.2, 0.25) is 0 Å². The zero-order valence-electron chi connectivity index (χ0n) is 6.35. The fourth-order valence-electron chi connectivity index (χ4n) is 0.925. The predicted octanol–water partition coefficient (Wildman–Crippen LogP) is 1.60. The summed E-state index contributed by atoms with van der Waals surface area (Å²) in [7, 11) is 0. The molecule has 1 aromatic rings. The van der Waals surface area contributed by atoms with Gasteiger partial charge in [-0.2, -0.15) is 0 Å². The number of nitrogens with two attached hydrogens (primary N) is 1. The molecule has 0 fully saturated rings. The predicted molar refractivity (Wildman–Crippen MR) is 46.6 cm³/mol. The molecule has 0 aliphatic rings. The third-order valence-electron chi connectivity index (χ3n) is 1.55. The molecule has 0 spiro atoms. The normalized spacial score (nSPS) is 10.2. The summed E-state index contributed by atoms with van der Waals surface area (Å²) in [6.45, 7) is -0.0230. The number of aliphatic hydroxyl groups excluding tert-OH is 1. The molecule has 0 aromatic heterocycles. The van der Waals surface area contributed by atoms with Crippen LogP contribution in [0.1, 0.15) is 5.56 Å². The second kappa shape index (κ2) is 3.74. The summed E-state index contributed by atoms with van der Waals surface area (Å²) in [4.78, 5) is 0. The Morgan fingerprint density at radius 1 is 1.50 bits per heavy atom. The van der Waals surface area contributed by atoms with Crippen molar-refractivity contribution in [2.45, 2.75) is 6.42 Å². The molecule has 12 heavy (non-hydrogen) atoms. The number of halogens is 2. The van der Waals surface area contributed by atoms with Crippen LogP contribution in [0.15, 0.2) is 12.1 Å². The standard InChI is InChI=1S/C8H9ClFNO/c9-6-4-7(10)8(11)3-5(6)1-2-12/h3-4,12H,1-2,11H2. The summed E-state index contributed by atoms with van der Waals surface area (Å²) in [6.07, 6.45) is 0.392. The molecular formula is C8H9ClFNO. The van der Waals surface area contributed by atoms with Crippen LogP contribution >= 0.6 is 11.6 Å². The zero-order valence-corrected chi connectivity index (χ0v) is 7.11. The highest BCUT2D eigenvalue weighted by Crippen LogP contribution is 2.22. The maximum absolute atomic E-state index is 12.7. The number of nitrogen functional groups attached to an aromatic ring is 1. The molecule has 4 heteroatoms. The van der Waals surface area contributed by atoms with E-state index in [1.54, 1.807) is 0 Å². The molecule has 0 amide bonds. The summed E-state index contributed by atoms with van der Waals surface area (Å²) in [5, 5.41) is 8.91. The highest BCUT2D eigenvalue weighted by Gasteiger charge is 2.04. The van der Waals surface area contributed by atoms with Crippen molar-refractivity contribution in [1.82, 2.24) is 0 Å². The van der Waals surface area contributed by atoms with E-state index >= 15 is 0 Å². The molecule has 0 unspecified atom stereocenters. The number of hydrogen-bond acceptors (Lipinski definition) is 2. The second-order valence-electron chi connectivity index (χ2n) is 2.44. The van der Waals surface area contributed by atoms with Crippen molar-refractivity contribution in [2.24, 2.45) is 0 Å². The molecule has 66 valence electrons. The molecule has 1 aromatic carbocycles. The Morgan fingerprint density at radius 2 is 2.17 bits per heavy atom. The zero-order chi connectivity index (χ0) is 9.14. The largest absolute Gasteiger partial charge is 0.396 e. The highest BCUT2D eigenvalue weighted by atomic mass is 35.5. The van der Waals surface area contributed by atoms with Crippen LogP contribution < -0.4 is 5.73 Å². The molecule has 3 N–H and O–H groups in total. The molecule has 2 nitrogen and oxygen atoms in total. The quantitative estimate of drug-likeness (QED) is 0.695. The third kappa shape index (κ3) is 1.87. The average molecular weight is 190 g/mol. The van der Waals surface area contributed by atoms with E-state index in [9.17, 15) is 4.39 Å². The Hall–Kier alpha value is -0.800. The number of benzene rings is 1. The fraction of sp³-hybridized carbons (Fsp3) is 0.250. The van der Waals surface area contributed by atoms with Crippen molar-refractivity contribution >= 4 is 17.3 Å². The lowest BCUT2D eigenvalue weighted by Crippen LogP contribution is -1.97. The van der Waals surface area contributed by atoms with Gasteiger partial charge in [0.1, 0.15) is 5.82 Å². The molecule has 0 saturated heterocycles. The highest BCUT2D eigenvalue weighted by molar-refractivity contribution is 6.31. The molecule has 0 aliphatic heterocycles. The molecule has 1 rings (SSSR count). The lowest BCUT2D eigenvalue weighted by Gasteiger charge is -2.04. The van der Waals surface area contributed by atoms with Gasteiger partial charge in [0, 0.05) is 11.6 Å². The monoisotopic (exact) mass is 189 g/mol. The van der Waals surface area contributed by atoms with Gasteiger partial charge in [-0.1, -0.05) is 11.6 Å². The van der Waals surface area contributed by atoms with Crippen LogP contribution in [0.5, 0.6) is 0 Å². The van der Waals surface area contributed by atoms with Gasteiger partial charge in [-0.3, -0.25) is 0 Å². The molecule has 0 atom stereocenters. The Bertz CT molecular complexity index is 291. The summed E-state index contributed by atoms with van der Waals surface area (Å²) >= 11 is 5.67. The minimum Gasteiger partial charge on any atom is -0.396 e. The van der Waals surface area contributed by atoms with Crippen molar-refractivity contribution in [2.75, 3.05) is 12.3 Å². The number of hydrogen-bond donors (Lipinski definition) is 2. The van der Waals surface area contributed by atoms with Gasteiger partial charge in [0.15, 0.2) is 0 Å². The van der Waals surface area contributed by atoms with Crippen molar-refractivity contribution in [3.63, 3.8) is 0 Å². The molecule has 0 heterocycles. The van der Waals surface area contributed by atoms with Crippen LogP contribution in [0.25, 0.3) is 0 Å². The van der Waals surface area contributed by atoms with Gasteiger partial charge >= 0.3 is 0 Å². The maximum atomic E-state index is 12.7.